The zero-order valence-corrected chi connectivity index (χ0v) is 16.8. The molecule has 4 aromatic rings. The van der Waals surface area contributed by atoms with Crippen molar-refractivity contribution >= 4 is 22.6 Å². The predicted octanol–water partition coefficient (Wildman–Crippen LogP) is 3.60. The minimum Gasteiger partial charge on any atom is -0.486 e. The third-order valence-corrected chi connectivity index (χ3v) is 5.30. The number of aromatic nitrogens is 2. The van der Waals surface area contributed by atoms with Crippen molar-refractivity contribution in [2.24, 2.45) is 0 Å². The summed E-state index contributed by atoms with van der Waals surface area (Å²) in [5.41, 5.74) is 3.46. The van der Waals surface area contributed by atoms with Gasteiger partial charge in [-0.3, -0.25) is 9.36 Å². The van der Waals surface area contributed by atoms with E-state index in [-0.39, 0.29) is 11.6 Å². The summed E-state index contributed by atoms with van der Waals surface area (Å²) in [6.07, 6.45) is 0.750. The molecule has 1 aliphatic rings. The number of imidazole rings is 1. The number of H-pyrrole nitrogens is 1. The van der Waals surface area contributed by atoms with Crippen molar-refractivity contribution in [3.63, 3.8) is 0 Å². The van der Waals surface area contributed by atoms with Crippen molar-refractivity contribution in [2.45, 2.75) is 13.0 Å². The van der Waals surface area contributed by atoms with Crippen LogP contribution in [0.5, 0.6) is 11.5 Å². The summed E-state index contributed by atoms with van der Waals surface area (Å²) < 4.78 is 12.8. The van der Waals surface area contributed by atoms with Gasteiger partial charge in [-0.2, -0.15) is 0 Å². The number of nitrogens with one attached hydrogen (secondary N) is 2. The van der Waals surface area contributed by atoms with Gasteiger partial charge in [-0.1, -0.05) is 30.3 Å². The molecular weight excluding hydrogens is 394 g/mol. The number of nitrogens with zero attached hydrogens (tertiary/aromatic N) is 1. The fraction of sp³-hybridized carbons (Fsp3) is 0.167. The van der Waals surface area contributed by atoms with Crippen LogP contribution in [0.3, 0.4) is 0 Å². The predicted molar refractivity (Wildman–Crippen MR) is 118 cm³/mol. The Hall–Kier alpha value is -4.00. The third kappa shape index (κ3) is 3.90. The monoisotopic (exact) mass is 415 g/mol. The van der Waals surface area contributed by atoms with Gasteiger partial charge in [0.05, 0.1) is 11.0 Å². The Morgan fingerprint density at radius 2 is 1.77 bits per heavy atom. The normalized spacial score (nSPS) is 12.6. The fourth-order valence-corrected chi connectivity index (χ4v) is 3.74. The van der Waals surface area contributed by atoms with Crippen molar-refractivity contribution in [2.75, 3.05) is 18.5 Å². The molecule has 0 saturated carbocycles. The van der Waals surface area contributed by atoms with Gasteiger partial charge in [0.25, 0.3) is 5.91 Å². The average molecular weight is 415 g/mol. The highest BCUT2D eigenvalue weighted by Crippen LogP contribution is 2.32. The van der Waals surface area contributed by atoms with Crippen LogP contribution in [-0.4, -0.2) is 28.7 Å². The van der Waals surface area contributed by atoms with Crippen LogP contribution in [0.15, 0.2) is 71.5 Å². The largest absolute Gasteiger partial charge is 0.486 e. The van der Waals surface area contributed by atoms with E-state index >= 15 is 0 Å². The van der Waals surface area contributed by atoms with Gasteiger partial charge in [0.15, 0.2) is 11.5 Å². The van der Waals surface area contributed by atoms with E-state index in [9.17, 15) is 9.59 Å². The molecule has 2 heterocycles. The van der Waals surface area contributed by atoms with Gasteiger partial charge in [0.1, 0.15) is 13.2 Å². The molecular formula is C24H21N3O4. The molecule has 0 aliphatic carbocycles. The molecule has 156 valence electrons. The number of hydrogen-bond donors (Lipinski definition) is 2. The van der Waals surface area contributed by atoms with Crippen molar-refractivity contribution in [1.82, 2.24) is 9.55 Å². The van der Waals surface area contributed by atoms with E-state index in [1.54, 1.807) is 41.0 Å². The second kappa shape index (κ2) is 8.02. The highest BCUT2D eigenvalue weighted by molar-refractivity contribution is 6.06. The quantitative estimate of drug-likeness (QED) is 0.522. The van der Waals surface area contributed by atoms with Crippen molar-refractivity contribution in [3.05, 3.63) is 88.3 Å². The van der Waals surface area contributed by atoms with E-state index in [0.29, 0.717) is 48.0 Å². The van der Waals surface area contributed by atoms with Crippen LogP contribution in [-0.2, 0) is 13.0 Å². The molecule has 1 amide bonds. The first-order chi connectivity index (χ1) is 15.2. The zero-order valence-electron chi connectivity index (χ0n) is 16.8. The minimum atomic E-state index is -0.267. The van der Waals surface area contributed by atoms with Crippen LogP contribution in [0.4, 0.5) is 5.69 Å². The number of carbonyl (C=O) groups excluding carboxylic acids is 1. The summed E-state index contributed by atoms with van der Waals surface area (Å²) in [6.45, 7) is 1.56. The lowest BCUT2D eigenvalue weighted by Crippen LogP contribution is -2.17. The molecule has 0 unspecified atom stereocenters. The summed E-state index contributed by atoms with van der Waals surface area (Å²) in [4.78, 5) is 28.1. The maximum absolute atomic E-state index is 12.7. The molecule has 5 rings (SSSR count). The van der Waals surface area contributed by atoms with Gasteiger partial charge in [-0.15, -0.1) is 0 Å². The summed E-state index contributed by atoms with van der Waals surface area (Å²) in [5.74, 6) is 1.01. The molecule has 0 saturated heterocycles. The summed E-state index contributed by atoms with van der Waals surface area (Å²) in [5, 5.41) is 2.87. The van der Waals surface area contributed by atoms with E-state index < -0.39 is 0 Å². The van der Waals surface area contributed by atoms with Crippen LogP contribution in [0, 0.1) is 0 Å². The molecule has 0 radical (unpaired) electrons. The number of aromatic amines is 1. The SMILES string of the molecule is O=C(Nc1ccc2c(c1)OCCO2)c1ccc2c(c1)[nH]c(=O)n2CCc1ccccc1. The van der Waals surface area contributed by atoms with E-state index in [4.69, 9.17) is 9.47 Å². The van der Waals surface area contributed by atoms with Crippen LogP contribution < -0.4 is 20.5 Å². The standard InChI is InChI=1S/C24H21N3O4/c28-23(25-18-7-9-21-22(15-18)31-13-12-30-21)17-6-8-20-19(14-17)26-24(29)27(20)11-10-16-4-2-1-3-5-16/h1-9,14-15H,10-13H2,(H,25,28)(H,26,29). The van der Waals surface area contributed by atoms with Crippen molar-refractivity contribution < 1.29 is 14.3 Å². The molecule has 1 aromatic heterocycles. The highest BCUT2D eigenvalue weighted by atomic mass is 16.6. The minimum absolute atomic E-state index is 0.185. The Bertz CT molecular complexity index is 1310. The number of amides is 1. The average Bonchev–Trinajstić information content (AvgIpc) is 3.12. The van der Waals surface area contributed by atoms with Gasteiger partial charge in [-0.05, 0) is 42.3 Å². The molecule has 0 atom stereocenters. The number of fused-ring (bicyclic) bond motifs is 2. The topological polar surface area (TPSA) is 85.3 Å². The Kier molecular flexibility index (Phi) is 4.92. The summed E-state index contributed by atoms with van der Waals surface area (Å²) >= 11 is 0. The van der Waals surface area contributed by atoms with E-state index in [2.05, 4.69) is 10.3 Å². The highest BCUT2D eigenvalue weighted by Gasteiger charge is 2.15. The van der Waals surface area contributed by atoms with Crippen LogP contribution in [0.1, 0.15) is 15.9 Å². The molecule has 7 heteroatoms. The Balaban J connectivity index is 1.35. The molecule has 7 nitrogen and oxygen atoms in total. The third-order valence-electron chi connectivity index (χ3n) is 5.30. The van der Waals surface area contributed by atoms with Gasteiger partial charge in [0, 0.05) is 23.9 Å². The van der Waals surface area contributed by atoms with E-state index in [0.717, 1.165) is 11.9 Å². The van der Waals surface area contributed by atoms with Crippen molar-refractivity contribution in [1.29, 1.82) is 0 Å². The van der Waals surface area contributed by atoms with E-state index in [1.165, 1.54) is 5.56 Å². The van der Waals surface area contributed by atoms with Crippen LogP contribution in [0.2, 0.25) is 0 Å². The molecule has 0 spiro atoms. The summed E-state index contributed by atoms with van der Waals surface area (Å²) in [6, 6.07) is 20.5. The molecule has 31 heavy (non-hydrogen) atoms. The maximum Gasteiger partial charge on any atom is 0.326 e. The first kappa shape index (κ1) is 19.0. The zero-order chi connectivity index (χ0) is 21.2. The van der Waals surface area contributed by atoms with Gasteiger partial charge in [0.2, 0.25) is 0 Å². The lowest BCUT2D eigenvalue weighted by Gasteiger charge is -2.19. The first-order valence-corrected chi connectivity index (χ1v) is 10.1. The van der Waals surface area contributed by atoms with Gasteiger partial charge >= 0.3 is 5.69 Å². The molecule has 0 bridgehead atoms. The molecule has 2 N–H and O–H groups in total. The second-order valence-electron chi connectivity index (χ2n) is 7.36. The molecule has 0 fully saturated rings. The van der Waals surface area contributed by atoms with Gasteiger partial charge in [-0.25, -0.2) is 4.79 Å². The number of anilines is 1. The molecule has 1 aliphatic heterocycles. The smallest absolute Gasteiger partial charge is 0.326 e. The second-order valence-corrected chi connectivity index (χ2v) is 7.36. The van der Waals surface area contributed by atoms with Crippen LogP contribution >= 0.6 is 0 Å². The number of carbonyl (C=O) groups is 1. The number of ether oxygens (including phenoxy) is 2. The number of rotatable bonds is 5. The number of benzene rings is 3. The number of hydrogen-bond acceptors (Lipinski definition) is 4. The Morgan fingerprint density at radius 3 is 2.61 bits per heavy atom. The molecule has 3 aromatic carbocycles. The lowest BCUT2D eigenvalue weighted by molar-refractivity contribution is 0.102. The Labute approximate surface area is 178 Å². The van der Waals surface area contributed by atoms with Crippen molar-refractivity contribution in [3.8, 4) is 11.5 Å². The Morgan fingerprint density at radius 1 is 0.968 bits per heavy atom. The number of aryl methyl sites for hydroxylation is 2. The van der Waals surface area contributed by atoms with E-state index in [1.807, 2.05) is 30.3 Å². The summed E-state index contributed by atoms with van der Waals surface area (Å²) in [7, 11) is 0. The maximum atomic E-state index is 12.7. The van der Waals surface area contributed by atoms with Crippen LogP contribution in [0.25, 0.3) is 11.0 Å². The van der Waals surface area contributed by atoms with Gasteiger partial charge < -0.3 is 19.8 Å². The lowest BCUT2D eigenvalue weighted by atomic mass is 10.1. The first-order valence-electron chi connectivity index (χ1n) is 10.1. The fourth-order valence-electron chi connectivity index (χ4n) is 3.74.